The Balaban J connectivity index is 1.81. The van der Waals surface area contributed by atoms with Gasteiger partial charge in [0, 0.05) is 17.7 Å². The lowest BCUT2D eigenvalue weighted by atomic mass is 10.2. The van der Waals surface area contributed by atoms with Crippen LogP contribution in [0.3, 0.4) is 0 Å². The number of hydrogen-bond acceptors (Lipinski definition) is 7. The van der Waals surface area contributed by atoms with Crippen molar-refractivity contribution in [3.8, 4) is 5.75 Å². The number of sulfonamides is 1. The number of benzene rings is 3. The molecule has 0 fully saturated rings. The lowest BCUT2D eigenvalue weighted by molar-refractivity contribution is -0.384. The van der Waals surface area contributed by atoms with Crippen LogP contribution < -0.4 is 14.5 Å². The number of non-ortho nitro benzene ring substituents is 1. The van der Waals surface area contributed by atoms with Crippen molar-refractivity contribution in [1.29, 1.82) is 0 Å². The van der Waals surface area contributed by atoms with Gasteiger partial charge in [0.25, 0.3) is 21.6 Å². The number of anilines is 1. The predicted molar refractivity (Wildman–Crippen MR) is 123 cm³/mol. The molecule has 170 valence electrons. The number of amides is 1. The number of nitrogens with zero attached hydrogens (tertiary/aromatic N) is 3. The molecule has 0 unspecified atom stereocenters. The van der Waals surface area contributed by atoms with E-state index in [0.717, 1.165) is 4.31 Å². The van der Waals surface area contributed by atoms with Gasteiger partial charge in [0.05, 0.1) is 28.8 Å². The second-order valence-electron chi connectivity index (χ2n) is 6.67. The van der Waals surface area contributed by atoms with E-state index in [1.807, 2.05) is 0 Å². The molecule has 0 aliphatic carbocycles. The third-order valence-corrected chi connectivity index (χ3v) is 6.25. The maximum Gasteiger partial charge on any atom is 0.270 e. The summed E-state index contributed by atoms with van der Waals surface area (Å²) in [5.41, 5.74) is 2.79. The summed E-state index contributed by atoms with van der Waals surface area (Å²) in [6.45, 7) is -0.546. The van der Waals surface area contributed by atoms with Gasteiger partial charge in [-0.15, -0.1) is 0 Å². The molecule has 0 saturated heterocycles. The Morgan fingerprint density at radius 1 is 1.09 bits per heavy atom. The number of carbonyl (C=O) groups excluding carboxylic acids is 1. The van der Waals surface area contributed by atoms with Gasteiger partial charge in [-0.1, -0.05) is 30.3 Å². The van der Waals surface area contributed by atoms with E-state index in [0.29, 0.717) is 11.3 Å². The van der Waals surface area contributed by atoms with Crippen molar-refractivity contribution in [2.45, 2.75) is 4.90 Å². The quantitative estimate of drug-likeness (QED) is 0.292. The third kappa shape index (κ3) is 5.92. The molecule has 0 aliphatic heterocycles. The molecule has 0 aliphatic rings. The summed E-state index contributed by atoms with van der Waals surface area (Å²) < 4.78 is 32.5. The Morgan fingerprint density at radius 3 is 2.42 bits per heavy atom. The van der Waals surface area contributed by atoms with Gasteiger partial charge in [0.1, 0.15) is 12.3 Å². The van der Waals surface area contributed by atoms with Gasteiger partial charge in [0.2, 0.25) is 0 Å². The van der Waals surface area contributed by atoms with Gasteiger partial charge in [-0.25, -0.2) is 13.8 Å². The second kappa shape index (κ2) is 10.4. The summed E-state index contributed by atoms with van der Waals surface area (Å²) in [7, 11) is -2.57. The van der Waals surface area contributed by atoms with E-state index in [1.54, 1.807) is 36.4 Å². The molecular formula is C22H20N4O6S. The first-order valence-corrected chi connectivity index (χ1v) is 11.0. The summed E-state index contributed by atoms with van der Waals surface area (Å²) in [6, 6.07) is 19.6. The lowest BCUT2D eigenvalue weighted by Crippen LogP contribution is -2.39. The Bertz CT molecular complexity index is 1260. The second-order valence-corrected chi connectivity index (χ2v) is 8.53. The molecule has 3 aromatic rings. The summed E-state index contributed by atoms with van der Waals surface area (Å²) in [4.78, 5) is 22.9. The van der Waals surface area contributed by atoms with Crippen molar-refractivity contribution in [2.75, 3.05) is 18.0 Å². The Labute approximate surface area is 190 Å². The first-order valence-electron chi connectivity index (χ1n) is 9.59. The van der Waals surface area contributed by atoms with Gasteiger partial charge in [0.15, 0.2) is 0 Å². The van der Waals surface area contributed by atoms with Crippen molar-refractivity contribution < 1.29 is 22.9 Å². The monoisotopic (exact) mass is 468 g/mol. The fraction of sp³-hybridized carbons (Fsp3) is 0.0909. The van der Waals surface area contributed by atoms with Crippen molar-refractivity contribution in [3.63, 3.8) is 0 Å². The number of ether oxygens (including phenoxy) is 1. The first-order chi connectivity index (χ1) is 15.8. The van der Waals surface area contributed by atoms with Crippen LogP contribution in [0, 0.1) is 10.1 Å². The highest BCUT2D eigenvalue weighted by atomic mass is 32.2. The van der Waals surface area contributed by atoms with E-state index in [4.69, 9.17) is 4.74 Å². The molecule has 1 amide bonds. The Kier molecular flexibility index (Phi) is 7.36. The number of nitro groups is 1. The topological polar surface area (TPSA) is 131 Å². The summed E-state index contributed by atoms with van der Waals surface area (Å²) in [5.74, 6) is -0.172. The maximum atomic E-state index is 13.2. The van der Waals surface area contributed by atoms with Crippen molar-refractivity contribution in [2.24, 2.45) is 5.10 Å². The number of hydrogen-bond donors (Lipinski definition) is 1. The van der Waals surface area contributed by atoms with Crippen LogP contribution in [0.4, 0.5) is 11.4 Å². The van der Waals surface area contributed by atoms with Gasteiger partial charge >= 0.3 is 0 Å². The SMILES string of the molecule is COc1ccc(N(CC(=O)N/N=C\c2cccc([N+](=O)[O-])c2)S(=O)(=O)c2ccccc2)cc1. The van der Waals surface area contributed by atoms with Crippen molar-refractivity contribution in [3.05, 3.63) is 94.5 Å². The zero-order valence-corrected chi connectivity index (χ0v) is 18.3. The van der Waals surface area contributed by atoms with Crippen LogP contribution in [0.5, 0.6) is 5.75 Å². The minimum atomic E-state index is -4.06. The average molecular weight is 468 g/mol. The highest BCUT2D eigenvalue weighted by Gasteiger charge is 2.27. The molecule has 33 heavy (non-hydrogen) atoms. The molecule has 0 bridgehead atoms. The summed E-state index contributed by atoms with van der Waals surface area (Å²) in [6.07, 6.45) is 1.23. The van der Waals surface area contributed by atoms with E-state index < -0.39 is 27.4 Å². The maximum absolute atomic E-state index is 13.2. The predicted octanol–water partition coefficient (Wildman–Crippen LogP) is 2.95. The van der Waals surface area contributed by atoms with Crippen molar-refractivity contribution >= 4 is 33.5 Å². The molecule has 11 heteroatoms. The largest absolute Gasteiger partial charge is 0.497 e. The fourth-order valence-corrected chi connectivity index (χ4v) is 4.29. The van der Waals surface area contributed by atoms with Gasteiger partial charge in [-0.3, -0.25) is 19.2 Å². The van der Waals surface area contributed by atoms with Crippen LogP contribution in [0.1, 0.15) is 5.56 Å². The first kappa shape index (κ1) is 23.4. The van der Waals surface area contributed by atoms with Gasteiger partial charge in [-0.05, 0) is 36.4 Å². The summed E-state index contributed by atoms with van der Waals surface area (Å²) in [5, 5.41) is 14.6. The number of methoxy groups -OCH3 is 1. The van der Waals surface area contributed by atoms with Crippen LogP contribution in [0.25, 0.3) is 0 Å². The average Bonchev–Trinajstić information content (AvgIpc) is 2.83. The van der Waals surface area contributed by atoms with Gasteiger partial charge < -0.3 is 4.74 Å². The van der Waals surface area contributed by atoms with Crippen molar-refractivity contribution in [1.82, 2.24) is 5.43 Å². The van der Waals surface area contributed by atoms with E-state index in [2.05, 4.69) is 10.5 Å². The number of rotatable bonds is 9. The highest BCUT2D eigenvalue weighted by molar-refractivity contribution is 7.92. The number of nitro benzene ring substituents is 1. The zero-order chi connectivity index (χ0) is 23.8. The van der Waals surface area contributed by atoms with Crippen LogP contribution in [-0.2, 0) is 14.8 Å². The standard InChI is InChI=1S/C22H20N4O6S/c1-32-20-12-10-18(11-13-20)25(33(30,31)21-8-3-2-4-9-21)16-22(27)24-23-15-17-6-5-7-19(14-17)26(28)29/h2-15H,16H2,1H3,(H,24,27)/b23-15-. The molecule has 0 radical (unpaired) electrons. The molecule has 1 N–H and O–H groups in total. The molecule has 3 rings (SSSR count). The highest BCUT2D eigenvalue weighted by Crippen LogP contribution is 2.25. The Morgan fingerprint density at radius 2 is 1.79 bits per heavy atom. The molecule has 3 aromatic carbocycles. The molecule has 0 aromatic heterocycles. The van der Waals surface area contributed by atoms with Gasteiger partial charge in [-0.2, -0.15) is 5.10 Å². The smallest absolute Gasteiger partial charge is 0.270 e. The third-order valence-electron chi connectivity index (χ3n) is 4.46. The minimum Gasteiger partial charge on any atom is -0.497 e. The summed E-state index contributed by atoms with van der Waals surface area (Å²) >= 11 is 0. The van der Waals surface area contributed by atoms with Crippen LogP contribution in [-0.4, -0.2) is 39.1 Å². The van der Waals surface area contributed by atoms with Crippen LogP contribution in [0.2, 0.25) is 0 Å². The van der Waals surface area contributed by atoms with Crippen LogP contribution >= 0.6 is 0 Å². The van der Waals surface area contributed by atoms with Crippen LogP contribution in [0.15, 0.2) is 88.9 Å². The Hall–Kier alpha value is -4.25. The lowest BCUT2D eigenvalue weighted by Gasteiger charge is -2.23. The molecular weight excluding hydrogens is 448 g/mol. The van der Waals surface area contributed by atoms with E-state index in [-0.39, 0.29) is 16.3 Å². The molecule has 10 nitrogen and oxygen atoms in total. The number of carbonyl (C=O) groups is 1. The number of hydrazone groups is 1. The number of nitrogens with one attached hydrogen (secondary N) is 1. The van der Waals surface area contributed by atoms with E-state index >= 15 is 0 Å². The van der Waals surface area contributed by atoms with E-state index in [1.165, 1.54) is 55.8 Å². The van der Waals surface area contributed by atoms with E-state index in [9.17, 15) is 23.3 Å². The molecule has 0 saturated carbocycles. The molecule has 0 spiro atoms. The zero-order valence-electron chi connectivity index (χ0n) is 17.5. The molecule has 0 atom stereocenters. The minimum absolute atomic E-state index is 0.0220. The normalized spacial score (nSPS) is 11.2. The molecule has 0 heterocycles. The fourth-order valence-electron chi connectivity index (χ4n) is 2.85.